The van der Waals surface area contributed by atoms with Crippen LogP contribution in [0.4, 0.5) is 0 Å². The molecule has 5 heteroatoms. The van der Waals surface area contributed by atoms with Crippen LogP contribution >= 0.6 is 11.3 Å². The van der Waals surface area contributed by atoms with Crippen molar-refractivity contribution in [2.45, 2.75) is 32.2 Å². The lowest BCUT2D eigenvalue weighted by atomic mass is 9.87. The van der Waals surface area contributed by atoms with Crippen LogP contribution in [0.15, 0.2) is 47.2 Å². The Morgan fingerprint density at radius 1 is 1.29 bits per heavy atom. The molecule has 0 bridgehead atoms. The predicted molar refractivity (Wildman–Crippen MR) is 94.1 cm³/mol. The Kier molecular flexibility index (Phi) is 3.94. The van der Waals surface area contributed by atoms with E-state index in [1.54, 1.807) is 11.3 Å². The molecule has 0 radical (unpaired) electrons. The van der Waals surface area contributed by atoms with Crippen LogP contribution in [-0.2, 0) is 6.42 Å². The first-order valence-corrected chi connectivity index (χ1v) is 8.93. The monoisotopic (exact) mass is 338 g/mol. The van der Waals surface area contributed by atoms with Crippen molar-refractivity contribution in [3.8, 4) is 10.6 Å². The highest BCUT2D eigenvalue weighted by molar-refractivity contribution is 7.15. The van der Waals surface area contributed by atoms with Crippen molar-refractivity contribution < 1.29 is 9.21 Å². The van der Waals surface area contributed by atoms with Gasteiger partial charge in [0.25, 0.3) is 5.91 Å². The average Bonchev–Trinajstić information content (AvgIpc) is 3.24. The first-order valence-electron chi connectivity index (χ1n) is 8.11. The van der Waals surface area contributed by atoms with Gasteiger partial charge in [0.2, 0.25) is 0 Å². The number of hydrogen-bond acceptors (Lipinski definition) is 4. The van der Waals surface area contributed by atoms with Crippen LogP contribution < -0.4 is 5.32 Å². The normalized spacial score (nSPS) is 16.6. The van der Waals surface area contributed by atoms with Gasteiger partial charge in [-0.15, -0.1) is 11.3 Å². The molecule has 1 aromatic carbocycles. The molecule has 2 heterocycles. The van der Waals surface area contributed by atoms with E-state index in [9.17, 15) is 4.79 Å². The van der Waals surface area contributed by atoms with Crippen LogP contribution in [0.25, 0.3) is 10.6 Å². The lowest BCUT2D eigenvalue weighted by molar-refractivity contribution is 0.0928. The van der Waals surface area contributed by atoms with Crippen LogP contribution in [0.3, 0.4) is 0 Å². The van der Waals surface area contributed by atoms with Crippen LogP contribution in [0.2, 0.25) is 0 Å². The molecule has 0 unspecified atom stereocenters. The molecular formula is C19H18N2O2S. The standard InChI is InChI=1S/C19H18N2O2S/c1-12-9-10-16(24-12)18-17(20-11-23-18)19(22)21-15-8-4-6-13-5-2-3-7-14(13)15/h2-3,5,7,9-11,15H,4,6,8H2,1H3,(H,21,22)/t15-/m1/s1. The minimum absolute atomic E-state index is 0.0390. The number of aryl methyl sites for hydroxylation is 2. The van der Waals surface area contributed by atoms with Gasteiger partial charge in [0.05, 0.1) is 10.9 Å². The second-order valence-corrected chi connectivity index (χ2v) is 7.35. The molecule has 122 valence electrons. The molecule has 24 heavy (non-hydrogen) atoms. The number of fused-ring (bicyclic) bond motifs is 1. The maximum atomic E-state index is 12.8. The van der Waals surface area contributed by atoms with Gasteiger partial charge in [0.15, 0.2) is 17.8 Å². The Balaban J connectivity index is 1.59. The average molecular weight is 338 g/mol. The van der Waals surface area contributed by atoms with Crippen molar-refractivity contribution in [3.63, 3.8) is 0 Å². The summed E-state index contributed by atoms with van der Waals surface area (Å²) in [5.74, 6) is 0.376. The van der Waals surface area contributed by atoms with Crippen molar-refractivity contribution in [1.29, 1.82) is 0 Å². The Morgan fingerprint density at radius 2 is 2.17 bits per heavy atom. The highest BCUT2D eigenvalue weighted by Crippen LogP contribution is 2.32. The van der Waals surface area contributed by atoms with Crippen molar-refractivity contribution in [2.24, 2.45) is 0 Å². The quantitative estimate of drug-likeness (QED) is 0.764. The summed E-state index contributed by atoms with van der Waals surface area (Å²) >= 11 is 1.60. The number of thiophene rings is 1. The maximum Gasteiger partial charge on any atom is 0.274 e. The molecule has 0 spiro atoms. The zero-order valence-corrected chi connectivity index (χ0v) is 14.2. The van der Waals surface area contributed by atoms with Gasteiger partial charge in [-0.05, 0) is 49.4 Å². The maximum absolute atomic E-state index is 12.8. The van der Waals surface area contributed by atoms with E-state index in [2.05, 4.69) is 28.5 Å². The molecule has 1 aliphatic rings. The van der Waals surface area contributed by atoms with Crippen molar-refractivity contribution >= 4 is 17.2 Å². The third kappa shape index (κ3) is 2.76. The van der Waals surface area contributed by atoms with Gasteiger partial charge in [-0.1, -0.05) is 24.3 Å². The molecular weight excluding hydrogens is 320 g/mol. The summed E-state index contributed by atoms with van der Waals surface area (Å²) in [5, 5.41) is 3.14. The van der Waals surface area contributed by atoms with Crippen LogP contribution in [-0.4, -0.2) is 10.9 Å². The predicted octanol–water partition coefficient (Wildman–Crippen LogP) is 4.52. The number of oxazole rings is 1. The summed E-state index contributed by atoms with van der Waals surface area (Å²) in [6.07, 6.45) is 4.45. The minimum atomic E-state index is -0.175. The molecule has 1 aliphatic carbocycles. The summed E-state index contributed by atoms with van der Waals surface area (Å²) in [6.45, 7) is 2.03. The lowest BCUT2D eigenvalue weighted by Gasteiger charge is -2.26. The molecule has 2 aromatic heterocycles. The molecule has 3 aromatic rings. The number of nitrogens with one attached hydrogen (secondary N) is 1. The molecule has 0 aliphatic heterocycles. The van der Waals surface area contributed by atoms with Crippen LogP contribution in [0, 0.1) is 6.92 Å². The van der Waals surface area contributed by atoms with E-state index >= 15 is 0 Å². The zero-order valence-electron chi connectivity index (χ0n) is 13.4. The Labute approximate surface area is 144 Å². The fraction of sp³-hybridized carbons (Fsp3) is 0.263. The molecule has 0 saturated heterocycles. The van der Waals surface area contributed by atoms with E-state index in [0.29, 0.717) is 11.5 Å². The van der Waals surface area contributed by atoms with Crippen LogP contribution in [0.5, 0.6) is 0 Å². The Bertz CT molecular complexity index is 881. The fourth-order valence-electron chi connectivity index (χ4n) is 3.27. The SMILES string of the molecule is Cc1ccc(-c2ocnc2C(=O)N[C@@H]2CCCc3ccccc32)s1. The fourth-order valence-corrected chi connectivity index (χ4v) is 4.13. The van der Waals surface area contributed by atoms with E-state index in [1.807, 2.05) is 25.1 Å². The molecule has 1 amide bonds. The number of rotatable bonds is 3. The van der Waals surface area contributed by atoms with E-state index < -0.39 is 0 Å². The molecule has 1 atom stereocenters. The highest BCUT2D eigenvalue weighted by Gasteiger charge is 2.25. The second-order valence-electron chi connectivity index (χ2n) is 6.06. The highest BCUT2D eigenvalue weighted by atomic mass is 32.1. The molecule has 1 N–H and O–H groups in total. The van der Waals surface area contributed by atoms with E-state index in [1.165, 1.54) is 22.4 Å². The number of hydrogen-bond donors (Lipinski definition) is 1. The van der Waals surface area contributed by atoms with E-state index in [-0.39, 0.29) is 11.9 Å². The van der Waals surface area contributed by atoms with Gasteiger partial charge < -0.3 is 9.73 Å². The third-order valence-corrected chi connectivity index (χ3v) is 5.42. The molecule has 4 nitrogen and oxygen atoms in total. The Hall–Kier alpha value is -2.40. The summed E-state index contributed by atoms with van der Waals surface area (Å²) < 4.78 is 5.48. The minimum Gasteiger partial charge on any atom is -0.442 e. The topological polar surface area (TPSA) is 55.1 Å². The van der Waals surface area contributed by atoms with Crippen LogP contribution in [0.1, 0.15) is 45.4 Å². The van der Waals surface area contributed by atoms with Gasteiger partial charge >= 0.3 is 0 Å². The third-order valence-electron chi connectivity index (χ3n) is 4.42. The number of amides is 1. The summed E-state index contributed by atoms with van der Waals surface area (Å²) in [4.78, 5) is 19.0. The van der Waals surface area contributed by atoms with Crippen molar-refractivity contribution in [2.75, 3.05) is 0 Å². The van der Waals surface area contributed by atoms with Gasteiger partial charge in [-0.25, -0.2) is 4.98 Å². The number of carbonyl (C=O) groups is 1. The van der Waals surface area contributed by atoms with Crippen molar-refractivity contribution in [1.82, 2.24) is 10.3 Å². The molecule has 0 fully saturated rings. The number of carbonyl (C=O) groups excluding carboxylic acids is 1. The van der Waals surface area contributed by atoms with Crippen molar-refractivity contribution in [3.05, 3.63) is 64.5 Å². The Morgan fingerprint density at radius 3 is 3.00 bits per heavy atom. The first-order chi connectivity index (χ1) is 11.7. The smallest absolute Gasteiger partial charge is 0.274 e. The summed E-state index contributed by atoms with van der Waals surface area (Å²) in [7, 11) is 0. The van der Waals surface area contributed by atoms with Gasteiger partial charge in [-0.2, -0.15) is 0 Å². The largest absolute Gasteiger partial charge is 0.442 e. The van der Waals surface area contributed by atoms with Gasteiger partial charge in [-0.3, -0.25) is 4.79 Å². The van der Waals surface area contributed by atoms with E-state index in [4.69, 9.17) is 4.42 Å². The van der Waals surface area contributed by atoms with Gasteiger partial charge in [0, 0.05) is 4.88 Å². The second kappa shape index (κ2) is 6.24. The summed E-state index contributed by atoms with van der Waals surface area (Å²) in [5.41, 5.74) is 2.90. The number of benzene rings is 1. The zero-order chi connectivity index (χ0) is 16.5. The molecule has 4 rings (SSSR count). The number of aromatic nitrogens is 1. The first kappa shape index (κ1) is 15.1. The van der Waals surface area contributed by atoms with Gasteiger partial charge in [0.1, 0.15) is 0 Å². The van der Waals surface area contributed by atoms with E-state index in [0.717, 1.165) is 24.1 Å². The molecule has 0 saturated carbocycles. The lowest BCUT2D eigenvalue weighted by Crippen LogP contribution is -2.31. The summed E-state index contributed by atoms with van der Waals surface area (Å²) in [6, 6.07) is 12.3. The number of nitrogens with zero attached hydrogens (tertiary/aromatic N) is 1.